The summed E-state index contributed by atoms with van der Waals surface area (Å²) in [7, 11) is 0. The van der Waals surface area contributed by atoms with Crippen LogP contribution in [0, 0.1) is 11.8 Å². The van der Waals surface area contributed by atoms with E-state index >= 15 is 0 Å². The second-order valence-electron chi connectivity index (χ2n) is 4.64. The van der Waals surface area contributed by atoms with Crippen LogP contribution in [0.5, 0.6) is 0 Å². The van der Waals surface area contributed by atoms with Gasteiger partial charge in [-0.1, -0.05) is 11.3 Å². The number of rotatable bonds is 1. The standard InChI is InChI=1S/C10H12ClN3O2S/c11-10-13-12-8(17-10)9(16)14-3-5-1-2-7(15)6(5)4-14/h5-7,15H,1-4H2. The van der Waals surface area contributed by atoms with Crippen molar-refractivity contribution in [2.24, 2.45) is 11.8 Å². The molecule has 3 rings (SSSR count). The molecular weight excluding hydrogens is 262 g/mol. The van der Waals surface area contributed by atoms with Gasteiger partial charge < -0.3 is 10.0 Å². The molecule has 5 nitrogen and oxygen atoms in total. The monoisotopic (exact) mass is 273 g/mol. The number of halogens is 1. The Morgan fingerprint density at radius 3 is 2.88 bits per heavy atom. The third-order valence-electron chi connectivity index (χ3n) is 3.69. The summed E-state index contributed by atoms with van der Waals surface area (Å²) < 4.78 is 0.285. The van der Waals surface area contributed by atoms with Crippen LogP contribution in [-0.2, 0) is 0 Å². The summed E-state index contributed by atoms with van der Waals surface area (Å²) >= 11 is 6.77. The van der Waals surface area contributed by atoms with E-state index in [1.807, 2.05) is 0 Å². The normalized spacial score (nSPS) is 31.9. The van der Waals surface area contributed by atoms with E-state index in [-0.39, 0.29) is 22.4 Å². The van der Waals surface area contributed by atoms with Crippen LogP contribution in [0.15, 0.2) is 0 Å². The van der Waals surface area contributed by atoms with Gasteiger partial charge in [-0.3, -0.25) is 4.79 Å². The molecule has 1 saturated carbocycles. The Bertz CT molecular complexity index is 453. The van der Waals surface area contributed by atoms with Gasteiger partial charge in [-0.05, 0) is 30.4 Å². The largest absolute Gasteiger partial charge is 0.393 e. The number of nitrogens with zero attached hydrogens (tertiary/aromatic N) is 3. The molecule has 0 bridgehead atoms. The van der Waals surface area contributed by atoms with Crippen LogP contribution >= 0.6 is 22.9 Å². The molecule has 1 aromatic rings. The van der Waals surface area contributed by atoms with Gasteiger partial charge in [0.15, 0.2) is 0 Å². The quantitative estimate of drug-likeness (QED) is 0.830. The highest BCUT2D eigenvalue weighted by Crippen LogP contribution is 2.38. The van der Waals surface area contributed by atoms with Crippen molar-refractivity contribution in [1.82, 2.24) is 15.1 Å². The number of hydrogen-bond acceptors (Lipinski definition) is 5. The third kappa shape index (κ3) is 1.94. The fourth-order valence-electron chi connectivity index (χ4n) is 2.83. The van der Waals surface area contributed by atoms with Crippen molar-refractivity contribution >= 4 is 28.8 Å². The van der Waals surface area contributed by atoms with Crippen molar-refractivity contribution in [1.29, 1.82) is 0 Å². The molecule has 1 amide bonds. The molecule has 0 aromatic carbocycles. The van der Waals surface area contributed by atoms with Crippen molar-refractivity contribution in [3.63, 3.8) is 0 Å². The number of aliphatic hydroxyl groups is 1. The number of amides is 1. The van der Waals surface area contributed by atoms with E-state index in [0.29, 0.717) is 17.5 Å². The van der Waals surface area contributed by atoms with Crippen molar-refractivity contribution < 1.29 is 9.90 Å². The predicted molar refractivity (Wildman–Crippen MR) is 63.0 cm³/mol. The summed E-state index contributed by atoms with van der Waals surface area (Å²) in [5, 5.41) is 17.5. The van der Waals surface area contributed by atoms with Crippen LogP contribution in [0.1, 0.15) is 22.6 Å². The van der Waals surface area contributed by atoms with Gasteiger partial charge in [0.05, 0.1) is 6.10 Å². The molecule has 92 valence electrons. The maximum atomic E-state index is 12.1. The molecule has 1 saturated heterocycles. The van der Waals surface area contributed by atoms with Crippen LogP contribution in [0.4, 0.5) is 0 Å². The highest BCUT2D eigenvalue weighted by molar-refractivity contribution is 7.17. The third-order valence-corrected chi connectivity index (χ3v) is 4.70. The second kappa shape index (κ2) is 4.19. The molecule has 0 spiro atoms. The van der Waals surface area contributed by atoms with E-state index in [4.69, 9.17) is 11.6 Å². The fourth-order valence-corrected chi connectivity index (χ4v) is 3.63. The lowest BCUT2D eigenvalue weighted by molar-refractivity contribution is 0.0751. The Hall–Kier alpha value is -0.720. The second-order valence-corrected chi connectivity index (χ2v) is 6.20. The Labute approximate surface area is 107 Å². The number of carbonyl (C=O) groups excluding carboxylic acids is 1. The Balaban J connectivity index is 1.73. The molecule has 1 aliphatic carbocycles. The van der Waals surface area contributed by atoms with Crippen LogP contribution in [-0.4, -0.2) is 45.3 Å². The number of aliphatic hydroxyl groups excluding tert-OH is 1. The molecule has 17 heavy (non-hydrogen) atoms. The minimum Gasteiger partial charge on any atom is -0.393 e. The summed E-state index contributed by atoms with van der Waals surface area (Å²) in [6.07, 6.45) is 1.62. The number of likely N-dealkylation sites (tertiary alicyclic amines) is 1. The van der Waals surface area contributed by atoms with Crippen LogP contribution in [0.3, 0.4) is 0 Å². The molecule has 1 aliphatic heterocycles. The van der Waals surface area contributed by atoms with E-state index in [2.05, 4.69) is 10.2 Å². The summed E-state index contributed by atoms with van der Waals surface area (Å²) in [5.41, 5.74) is 0. The molecule has 3 unspecified atom stereocenters. The first kappa shape index (κ1) is 11.4. The summed E-state index contributed by atoms with van der Waals surface area (Å²) in [6.45, 7) is 1.35. The minimum atomic E-state index is -0.254. The van der Waals surface area contributed by atoms with E-state index in [0.717, 1.165) is 30.7 Å². The zero-order valence-corrected chi connectivity index (χ0v) is 10.6. The first-order valence-corrected chi connectivity index (χ1v) is 6.81. The molecular formula is C10H12ClN3O2S. The Morgan fingerprint density at radius 2 is 2.24 bits per heavy atom. The Morgan fingerprint density at radius 1 is 1.41 bits per heavy atom. The zero-order chi connectivity index (χ0) is 12.0. The number of carbonyl (C=O) groups is 1. The van der Waals surface area contributed by atoms with E-state index in [1.165, 1.54) is 0 Å². The average molecular weight is 274 g/mol. The topological polar surface area (TPSA) is 66.3 Å². The highest BCUT2D eigenvalue weighted by Gasteiger charge is 2.43. The van der Waals surface area contributed by atoms with Gasteiger partial charge in [-0.25, -0.2) is 0 Å². The highest BCUT2D eigenvalue weighted by atomic mass is 35.5. The van der Waals surface area contributed by atoms with Gasteiger partial charge in [-0.2, -0.15) is 0 Å². The van der Waals surface area contributed by atoms with E-state index in [1.54, 1.807) is 4.90 Å². The van der Waals surface area contributed by atoms with E-state index in [9.17, 15) is 9.90 Å². The van der Waals surface area contributed by atoms with Crippen molar-refractivity contribution in [2.75, 3.05) is 13.1 Å². The summed E-state index contributed by atoms with van der Waals surface area (Å²) in [5.74, 6) is 0.565. The summed E-state index contributed by atoms with van der Waals surface area (Å²) in [6, 6.07) is 0. The maximum Gasteiger partial charge on any atom is 0.284 e. The van der Waals surface area contributed by atoms with Crippen molar-refractivity contribution in [3.05, 3.63) is 9.47 Å². The molecule has 3 atom stereocenters. The smallest absolute Gasteiger partial charge is 0.284 e. The predicted octanol–water partition coefficient (Wildman–Crippen LogP) is 1.03. The fraction of sp³-hybridized carbons (Fsp3) is 0.700. The van der Waals surface area contributed by atoms with Gasteiger partial charge in [0.25, 0.3) is 5.91 Å². The van der Waals surface area contributed by atoms with E-state index < -0.39 is 0 Å². The van der Waals surface area contributed by atoms with Gasteiger partial charge in [0.1, 0.15) is 0 Å². The lowest BCUT2D eigenvalue weighted by Gasteiger charge is -2.16. The van der Waals surface area contributed by atoms with Crippen molar-refractivity contribution in [2.45, 2.75) is 18.9 Å². The van der Waals surface area contributed by atoms with Crippen molar-refractivity contribution in [3.8, 4) is 0 Å². The lowest BCUT2D eigenvalue weighted by atomic mass is 10.00. The molecule has 1 N–H and O–H groups in total. The van der Waals surface area contributed by atoms with Gasteiger partial charge >= 0.3 is 0 Å². The lowest BCUT2D eigenvalue weighted by Crippen LogP contribution is -2.31. The summed E-state index contributed by atoms with van der Waals surface area (Å²) in [4.78, 5) is 13.9. The first-order valence-electron chi connectivity index (χ1n) is 5.61. The number of aromatic nitrogens is 2. The molecule has 2 fully saturated rings. The molecule has 2 aliphatic rings. The first-order chi connectivity index (χ1) is 8.15. The zero-order valence-electron chi connectivity index (χ0n) is 9.04. The van der Waals surface area contributed by atoms with Gasteiger partial charge in [0.2, 0.25) is 9.47 Å². The van der Waals surface area contributed by atoms with Crippen LogP contribution in [0.2, 0.25) is 4.47 Å². The van der Waals surface area contributed by atoms with Gasteiger partial charge in [0, 0.05) is 19.0 Å². The van der Waals surface area contributed by atoms with Crippen LogP contribution < -0.4 is 0 Å². The maximum absolute atomic E-state index is 12.1. The number of hydrogen-bond donors (Lipinski definition) is 1. The van der Waals surface area contributed by atoms with Crippen LogP contribution in [0.25, 0.3) is 0 Å². The average Bonchev–Trinajstić information content (AvgIpc) is 2.96. The number of fused-ring (bicyclic) bond motifs is 1. The Kier molecular flexibility index (Phi) is 2.80. The molecule has 2 heterocycles. The minimum absolute atomic E-state index is 0.115. The molecule has 7 heteroatoms. The SMILES string of the molecule is O=C(c1nnc(Cl)s1)N1CC2CCC(O)C2C1. The molecule has 0 radical (unpaired) electrons. The molecule has 1 aromatic heterocycles. The van der Waals surface area contributed by atoms with Gasteiger partial charge in [-0.15, -0.1) is 10.2 Å².